The van der Waals surface area contributed by atoms with Crippen molar-refractivity contribution in [3.63, 3.8) is 0 Å². The molecule has 1 fully saturated rings. The van der Waals surface area contributed by atoms with Crippen molar-refractivity contribution in [2.24, 2.45) is 0 Å². The molecule has 1 aromatic heterocycles. The smallest absolute Gasteiger partial charge is 0.370 e. The number of alkyl halides is 3. The molecule has 0 amide bonds. The van der Waals surface area contributed by atoms with Crippen LogP contribution in [-0.4, -0.2) is 24.1 Å². The first kappa shape index (κ1) is 13.1. The summed E-state index contributed by atoms with van der Waals surface area (Å²) in [5, 5.41) is 6.08. The maximum atomic E-state index is 12.7. The zero-order valence-corrected chi connectivity index (χ0v) is 9.93. The molecule has 0 saturated carbocycles. The van der Waals surface area contributed by atoms with Crippen LogP contribution in [0.3, 0.4) is 0 Å². The van der Waals surface area contributed by atoms with Crippen molar-refractivity contribution in [2.75, 3.05) is 18.4 Å². The number of pyridine rings is 1. The third-order valence-corrected chi connectivity index (χ3v) is 3.06. The molecule has 0 aromatic carbocycles. The lowest BCUT2D eigenvalue weighted by Gasteiger charge is -2.14. The van der Waals surface area contributed by atoms with Gasteiger partial charge in [-0.25, -0.2) is 4.98 Å². The molecule has 0 radical (unpaired) electrons. The Morgan fingerprint density at radius 2 is 2.28 bits per heavy atom. The largest absolute Gasteiger partial charge is 0.419 e. The third kappa shape index (κ3) is 3.35. The van der Waals surface area contributed by atoms with E-state index in [2.05, 4.69) is 15.6 Å². The molecule has 2 N–H and O–H groups in total. The summed E-state index contributed by atoms with van der Waals surface area (Å²) >= 11 is 0. The van der Waals surface area contributed by atoms with Gasteiger partial charge in [-0.1, -0.05) is 0 Å². The summed E-state index contributed by atoms with van der Waals surface area (Å²) < 4.78 is 38.1. The normalized spacial score (nSPS) is 20.1. The SMILES string of the molecule is FC(F)(F)c1cccnc1NCC[C@@H]1CCCN1. The lowest BCUT2D eigenvalue weighted by molar-refractivity contribution is -0.137. The number of nitrogens with one attached hydrogen (secondary N) is 2. The van der Waals surface area contributed by atoms with Gasteiger partial charge >= 0.3 is 6.18 Å². The van der Waals surface area contributed by atoms with E-state index in [9.17, 15) is 13.2 Å². The highest BCUT2D eigenvalue weighted by Gasteiger charge is 2.33. The zero-order chi connectivity index (χ0) is 13.0. The summed E-state index contributed by atoms with van der Waals surface area (Å²) in [5.74, 6) is -0.0806. The van der Waals surface area contributed by atoms with Gasteiger partial charge in [-0.15, -0.1) is 0 Å². The van der Waals surface area contributed by atoms with E-state index in [1.54, 1.807) is 0 Å². The summed E-state index contributed by atoms with van der Waals surface area (Å²) in [6.07, 6.45) is 0.0551. The highest BCUT2D eigenvalue weighted by molar-refractivity contribution is 5.45. The maximum Gasteiger partial charge on any atom is 0.419 e. The fraction of sp³-hybridized carbons (Fsp3) is 0.583. The molecule has 1 saturated heterocycles. The monoisotopic (exact) mass is 259 g/mol. The molecule has 1 atom stereocenters. The van der Waals surface area contributed by atoms with E-state index in [1.165, 1.54) is 12.3 Å². The highest BCUT2D eigenvalue weighted by atomic mass is 19.4. The number of hydrogen-bond acceptors (Lipinski definition) is 3. The van der Waals surface area contributed by atoms with Crippen molar-refractivity contribution in [3.8, 4) is 0 Å². The predicted molar refractivity (Wildman–Crippen MR) is 63.4 cm³/mol. The Labute approximate surface area is 104 Å². The first-order valence-corrected chi connectivity index (χ1v) is 6.07. The average Bonchev–Trinajstić information content (AvgIpc) is 2.81. The fourth-order valence-electron chi connectivity index (χ4n) is 2.14. The number of anilines is 1. The standard InChI is InChI=1S/C12H16F3N3/c13-12(14,15)10-4-2-7-17-11(10)18-8-5-9-3-1-6-16-9/h2,4,7,9,16H,1,3,5-6,8H2,(H,17,18)/t9-/m0/s1. The van der Waals surface area contributed by atoms with Gasteiger partial charge in [0.25, 0.3) is 0 Å². The van der Waals surface area contributed by atoms with Crippen LogP contribution in [0.2, 0.25) is 0 Å². The molecule has 18 heavy (non-hydrogen) atoms. The van der Waals surface area contributed by atoms with Crippen LogP contribution in [-0.2, 0) is 6.18 Å². The molecule has 1 aromatic rings. The lowest BCUT2D eigenvalue weighted by atomic mass is 10.1. The second-order valence-corrected chi connectivity index (χ2v) is 4.41. The van der Waals surface area contributed by atoms with Crippen molar-refractivity contribution < 1.29 is 13.2 Å². The van der Waals surface area contributed by atoms with Crippen LogP contribution in [0.4, 0.5) is 19.0 Å². The Balaban J connectivity index is 1.92. The Morgan fingerprint density at radius 3 is 2.94 bits per heavy atom. The first-order valence-electron chi connectivity index (χ1n) is 6.07. The van der Waals surface area contributed by atoms with E-state index in [-0.39, 0.29) is 5.82 Å². The molecule has 0 unspecified atom stereocenters. The van der Waals surface area contributed by atoms with Crippen LogP contribution >= 0.6 is 0 Å². The lowest BCUT2D eigenvalue weighted by Crippen LogP contribution is -2.24. The average molecular weight is 259 g/mol. The minimum absolute atomic E-state index is 0.0806. The van der Waals surface area contributed by atoms with Gasteiger partial charge in [-0.2, -0.15) is 13.2 Å². The van der Waals surface area contributed by atoms with E-state index in [4.69, 9.17) is 0 Å². The Hall–Kier alpha value is -1.30. The Morgan fingerprint density at radius 1 is 1.44 bits per heavy atom. The molecule has 100 valence electrons. The second kappa shape index (κ2) is 5.56. The van der Waals surface area contributed by atoms with E-state index in [1.807, 2.05) is 0 Å². The number of nitrogens with zero attached hydrogens (tertiary/aromatic N) is 1. The molecule has 0 spiro atoms. The number of aromatic nitrogens is 1. The van der Waals surface area contributed by atoms with Gasteiger partial charge in [0, 0.05) is 18.8 Å². The van der Waals surface area contributed by atoms with E-state index in [0.717, 1.165) is 31.9 Å². The second-order valence-electron chi connectivity index (χ2n) is 4.41. The first-order chi connectivity index (χ1) is 8.57. The quantitative estimate of drug-likeness (QED) is 0.872. The van der Waals surface area contributed by atoms with E-state index < -0.39 is 11.7 Å². The molecule has 2 heterocycles. The summed E-state index contributed by atoms with van der Waals surface area (Å²) in [6, 6.07) is 2.76. The molecule has 1 aliphatic heterocycles. The van der Waals surface area contributed by atoms with Crippen LogP contribution in [0.5, 0.6) is 0 Å². The fourth-order valence-corrected chi connectivity index (χ4v) is 2.14. The zero-order valence-electron chi connectivity index (χ0n) is 9.93. The molecule has 2 rings (SSSR count). The van der Waals surface area contributed by atoms with Gasteiger partial charge in [0.2, 0.25) is 0 Å². The molecule has 0 aliphatic carbocycles. The van der Waals surface area contributed by atoms with Gasteiger partial charge in [0.15, 0.2) is 0 Å². The molecule has 0 bridgehead atoms. The number of halogens is 3. The number of rotatable bonds is 4. The van der Waals surface area contributed by atoms with Crippen LogP contribution in [0.25, 0.3) is 0 Å². The summed E-state index contributed by atoms with van der Waals surface area (Å²) in [7, 11) is 0. The van der Waals surface area contributed by atoms with Crippen molar-refractivity contribution in [3.05, 3.63) is 23.9 Å². The van der Waals surface area contributed by atoms with Crippen LogP contribution < -0.4 is 10.6 Å². The van der Waals surface area contributed by atoms with Crippen molar-refractivity contribution in [2.45, 2.75) is 31.5 Å². The van der Waals surface area contributed by atoms with Crippen molar-refractivity contribution in [1.82, 2.24) is 10.3 Å². The van der Waals surface area contributed by atoms with Crippen LogP contribution in [0.1, 0.15) is 24.8 Å². The highest BCUT2D eigenvalue weighted by Crippen LogP contribution is 2.33. The van der Waals surface area contributed by atoms with Gasteiger partial charge in [0.05, 0.1) is 5.56 Å². The van der Waals surface area contributed by atoms with Crippen LogP contribution in [0.15, 0.2) is 18.3 Å². The van der Waals surface area contributed by atoms with Crippen LogP contribution in [0, 0.1) is 0 Å². The van der Waals surface area contributed by atoms with Gasteiger partial charge in [-0.05, 0) is 37.9 Å². The molecular formula is C12H16F3N3. The van der Waals surface area contributed by atoms with Gasteiger partial charge in [0.1, 0.15) is 5.82 Å². The maximum absolute atomic E-state index is 12.7. The third-order valence-electron chi connectivity index (χ3n) is 3.06. The van der Waals surface area contributed by atoms with Gasteiger partial charge in [-0.3, -0.25) is 0 Å². The Kier molecular flexibility index (Phi) is 4.06. The molecule has 6 heteroatoms. The molecule has 1 aliphatic rings. The summed E-state index contributed by atoms with van der Waals surface area (Å²) in [4.78, 5) is 3.76. The minimum atomic E-state index is -4.36. The van der Waals surface area contributed by atoms with Crippen molar-refractivity contribution in [1.29, 1.82) is 0 Å². The topological polar surface area (TPSA) is 37.0 Å². The molecular weight excluding hydrogens is 243 g/mol. The minimum Gasteiger partial charge on any atom is -0.370 e. The van der Waals surface area contributed by atoms with Crippen molar-refractivity contribution >= 4 is 5.82 Å². The van der Waals surface area contributed by atoms with Gasteiger partial charge < -0.3 is 10.6 Å². The number of hydrogen-bond donors (Lipinski definition) is 2. The Bertz CT molecular complexity index is 386. The predicted octanol–water partition coefficient (Wildman–Crippen LogP) is 2.65. The van der Waals surface area contributed by atoms with E-state index in [0.29, 0.717) is 12.6 Å². The summed E-state index contributed by atoms with van der Waals surface area (Å²) in [5.41, 5.74) is -0.704. The molecule has 3 nitrogen and oxygen atoms in total. The summed E-state index contributed by atoms with van der Waals surface area (Å²) in [6.45, 7) is 1.50. The van der Waals surface area contributed by atoms with E-state index >= 15 is 0 Å².